The number of para-hydroxylation sites is 3. The predicted octanol–water partition coefficient (Wildman–Crippen LogP) is 11.8. The summed E-state index contributed by atoms with van der Waals surface area (Å²) in [5, 5.41) is 14.0. The maximum absolute atomic E-state index is 10.9. The molecule has 0 aliphatic heterocycles. The molecule has 0 saturated heterocycles. The van der Waals surface area contributed by atoms with Gasteiger partial charge in [0.25, 0.3) is 0 Å². The summed E-state index contributed by atoms with van der Waals surface area (Å²) in [7, 11) is 0. The highest BCUT2D eigenvalue weighted by Gasteiger charge is 2.18. The lowest BCUT2D eigenvalue weighted by Crippen LogP contribution is -1.96. The average Bonchev–Trinajstić information content (AvgIpc) is 3.47. The van der Waals surface area contributed by atoms with Gasteiger partial charge in [0.05, 0.1) is 11.4 Å². The molecule has 0 aliphatic rings. The third kappa shape index (κ3) is 5.52. The fraction of sp³-hybridized carbons (Fsp3) is 0.0698. The van der Waals surface area contributed by atoms with Crippen LogP contribution in [0.5, 0.6) is 5.75 Å². The van der Waals surface area contributed by atoms with E-state index in [1.54, 1.807) is 17.8 Å². The molecule has 48 heavy (non-hydrogen) atoms. The highest BCUT2D eigenvalue weighted by molar-refractivity contribution is 7.99. The van der Waals surface area contributed by atoms with Gasteiger partial charge in [0.1, 0.15) is 21.9 Å². The molecule has 3 aromatic heterocycles. The quantitative estimate of drug-likeness (QED) is 0.196. The van der Waals surface area contributed by atoms with Crippen LogP contribution in [0.15, 0.2) is 148 Å². The zero-order valence-electron chi connectivity index (χ0n) is 26.9. The average molecular weight is 641 g/mol. The van der Waals surface area contributed by atoms with Crippen LogP contribution in [-0.2, 0) is 0 Å². The summed E-state index contributed by atoms with van der Waals surface area (Å²) in [6.45, 7) is 6.45. The van der Waals surface area contributed by atoms with E-state index < -0.39 is 0 Å². The molecule has 8 rings (SSSR count). The highest BCUT2D eigenvalue weighted by atomic mass is 32.2. The monoisotopic (exact) mass is 640 g/mol. The fourth-order valence-corrected chi connectivity index (χ4v) is 7.62. The summed E-state index contributed by atoms with van der Waals surface area (Å²) in [6, 6.07) is 43.1. The van der Waals surface area contributed by atoms with Crippen LogP contribution in [0.1, 0.15) is 16.7 Å². The number of phenolic OH excluding ortho intramolecular Hbond substituents is 1. The van der Waals surface area contributed by atoms with Crippen LogP contribution in [0.2, 0.25) is 0 Å². The molecule has 1 N–H and O–H groups in total. The van der Waals surface area contributed by atoms with E-state index in [0.717, 1.165) is 59.8 Å². The number of hydrogen-bond acceptors (Lipinski definition) is 5. The summed E-state index contributed by atoms with van der Waals surface area (Å²) in [4.78, 5) is 10.8. The van der Waals surface area contributed by atoms with Gasteiger partial charge in [0.2, 0.25) is 0 Å². The number of benzene rings is 5. The van der Waals surface area contributed by atoms with E-state index in [1.807, 2.05) is 60.8 Å². The van der Waals surface area contributed by atoms with E-state index in [1.165, 1.54) is 22.3 Å². The van der Waals surface area contributed by atoms with Crippen molar-refractivity contribution in [3.8, 4) is 50.5 Å². The number of aromatic hydroxyl groups is 1. The molecule has 0 unspecified atom stereocenters. The van der Waals surface area contributed by atoms with Crippen LogP contribution in [0, 0.1) is 20.8 Å². The molecule has 5 heteroatoms. The van der Waals surface area contributed by atoms with Crippen molar-refractivity contribution in [2.24, 2.45) is 0 Å². The largest absolute Gasteiger partial charge is 0.507 e. The molecule has 0 saturated carbocycles. The van der Waals surface area contributed by atoms with E-state index >= 15 is 0 Å². The Kier molecular flexibility index (Phi) is 7.54. The maximum Gasteiger partial charge on any atom is 0.143 e. The number of hydrogen-bond donors (Lipinski definition) is 1. The second-order valence-electron chi connectivity index (χ2n) is 12.2. The lowest BCUT2D eigenvalue weighted by Gasteiger charge is -2.16. The number of furan rings is 1. The Morgan fingerprint density at radius 3 is 2.12 bits per heavy atom. The smallest absolute Gasteiger partial charge is 0.143 e. The van der Waals surface area contributed by atoms with Gasteiger partial charge in [0.15, 0.2) is 0 Å². The number of rotatable bonds is 6. The first-order valence-corrected chi connectivity index (χ1v) is 16.8. The fourth-order valence-electron chi connectivity index (χ4n) is 6.75. The third-order valence-corrected chi connectivity index (χ3v) is 9.67. The number of pyridine rings is 2. The Morgan fingerprint density at radius 1 is 0.604 bits per heavy atom. The number of aryl methyl sites for hydroxylation is 3. The van der Waals surface area contributed by atoms with Gasteiger partial charge in [0, 0.05) is 38.6 Å². The molecular formula is C43H32N2O2S. The summed E-state index contributed by atoms with van der Waals surface area (Å²) in [5.74, 6) is 0.196. The van der Waals surface area contributed by atoms with Gasteiger partial charge in [-0.15, -0.1) is 0 Å². The van der Waals surface area contributed by atoms with E-state index in [-0.39, 0.29) is 5.75 Å². The van der Waals surface area contributed by atoms with Gasteiger partial charge in [-0.3, -0.25) is 0 Å². The Morgan fingerprint density at radius 2 is 1.31 bits per heavy atom. The summed E-state index contributed by atoms with van der Waals surface area (Å²) >= 11 is 1.62. The zero-order valence-corrected chi connectivity index (χ0v) is 27.7. The number of fused-ring (bicyclic) bond motifs is 3. The van der Waals surface area contributed by atoms with Gasteiger partial charge < -0.3 is 9.52 Å². The van der Waals surface area contributed by atoms with Crippen molar-refractivity contribution in [3.63, 3.8) is 0 Å². The van der Waals surface area contributed by atoms with Crippen molar-refractivity contribution < 1.29 is 9.52 Å². The second-order valence-corrected chi connectivity index (χ2v) is 13.3. The van der Waals surface area contributed by atoms with Crippen LogP contribution in [-0.4, -0.2) is 15.1 Å². The van der Waals surface area contributed by atoms with E-state index in [0.29, 0.717) is 11.3 Å². The Labute approximate surface area is 283 Å². The van der Waals surface area contributed by atoms with Crippen molar-refractivity contribution in [2.75, 3.05) is 0 Å². The van der Waals surface area contributed by atoms with Gasteiger partial charge >= 0.3 is 0 Å². The minimum atomic E-state index is 0.196. The van der Waals surface area contributed by atoms with Gasteiger partial charge in [-0.25, -0.2) is 9.97 Å². The van der Waals surface area contributed by atoms with Crippen molar-refractivity contribution >= 4 is 33.7 Å². The lowest BCUT2D eigenvalue weighted by atomic mass is 9.91. The van der Waals surface area contributed by atoms with Gasteiger partial charge in [-0.05, 0) is 109 Å². The molecule has 4 nitrogen and oxygen atoms in total. The van der Waals surface area contributed by atoms with Crippen LogP contribution < -0.4 is 0 Å². The molecule has 0 amide bonds. The van der Waals surface area contributed by atoms with Crippen molar-refractivity contribution in [1.82, 2.24) is 9.97 Å². The number of phenols is 1. The number of aromatic nitrogens is 2. The summed E-state index contributed by atoms with van der Waals surface area (Å²) in [5.41, 5.74) is 12.8. The van der Waals surface area contributed by atoms with Crippen LogP contribution in [0.4, 0.5) is 0 Å². The minimum absolute atomic E-state index is 0.196. The van der Waals surface area contributed by atoms with Gasteiger partial charge in [-0.2, -0.15) is 0 Å². The SMILES string of the molecule is Cc1cc(C)c(-c2cc(-c3cc(Sc4ccccn4)cc(-c4cccc5c4oc4ccccc45)c3)nc(-c3ccccc3O)c2)c(C)c1. The molecule has 0 bridgehead atoms. The highest BCUT2D eigenvalue weighted by Crippen LogP contribution is 2.42. The maximum atomic E-state index is 10.9. The van der Waals surface area contributed by atoms with E-state index in [4.69, 9.17) is 9.40 Å². The van der Waals surface area contributed by atoms with Crippen molar-refractivity contribution in [1.29, 1.82) is 0 Å². The first-order chi connectivity index (χ1) is 23.4. The second kappa shape index (κ2) is 12.2. The third-order valence-electron chi connectivity index (χ3n) is 8.75. The van der Waals surface area contributed by atoms with E-state index in [9.17, 15) is 5.11 Å². The molecular weight excluding hydrogens is 609 g/mol. The van der Waals surface area contributed by atoms with E-state index in [2.05, 4.69) is 92.5 Å². The number of nitrogens with zero attached hydrogens (tertiary/aromatic N) is 2. The first kappa shape index (κ1) is 29.7. The topological polar surface area (TPSA) is 59.2 Å². The summed E-state index contributed by atoms with van der Waals surface area (Å²) < 4.78 is 6.48. The predicted molar refractivity (Wildman–Crippen MR) is 197 cm³/mol. The molecule has 3 heterocycles. The lowest BCUT2D eigenvalue weighted by molar-refractivity contribution is 0.477. The normalized spacial score (nSPS) is 11.4. The van der Waals surface area contributed by atoms with Gasteiger partial charge in [-0.1, -0.05) is 84.1 Å². The molecule has 0 spiro atoms. The molecule has 232 valence electrons. The molecule has 0 atom stereocenters. The summed E-state index contributed by atoms with van der Waals surface area (Å²) in [6.07, 6.45) is 1.82. The van der Waals surface area contributed by atoms with Crippen molar-refractivity contribution in [2.45, 2.75) is 30.7 Å². The molecule has 0 radical (unpaired) electrons. The van der Waals surface area contributed by atoms with Crippen LogP contribution in [0.3, 0.4) is 0 Å². The molecule has 0 aliphatic carbocycles. The Balaban J connectivity index is 1.38. The van der Waals surface area contributed by atoms with Crippen LogP contribution in [0.25, 0.3) is 66.7 Å². The molecule has 5 aromatic carbocycles. The Bertz CT molecular complexity index is 2460. The zero-order chi connectivity index (χ0) is 32.8. The molecule has 0 fully saturated rings. The minimum Gasteiger partial charge on any atom is -0.507 e. The Hall–Kier alpha value is -5.65. The standard InChI is InChI=1S/C43H32N2O2S/c1-26-19-27(2)42(28(3)20-26)31-24-37(45-38(25-31)36-12-4-6-15-39(36)46)30-21-29(22-32(23-30)48-41-17-8-9-18-44-41)33-13-10-14-35-34-11-5-7-16-40(34)47-43(33)35/h4-25,46H,1-3H3. The first-order valence-electron chi connectivity index (χ1n) is 15.9. The van der Waals surface area contributed by atoms with Crippen LogP contribution >= 0.6 is 11.8 Å². The molecule has 8 aromatic rings. The van der Waals surface area contributed by atoms with Crippen molar-refractivity contribution in [3.05, 3.63) is 150 Å².